The standard InChI is InChI=1S/C15H18N4O2/c1-21-8-7-17-15(20)19-10-12-4-5-14(18-9-12)13-3-2-6-16-11-13/h2-6,9,11H,7-8,10H2,1H3,(H2,17,19,20). The second-order valence-corrected chi connectivity index (χ2v) is 4.40. The van der Waals surface area contributed by atoms with E-state index < -0.39 is 0 Å². The number of carbonyl (C=O) groups excluding carboxylic acids is 1. The molecule has 0 aliphatic rings. The predicted octanol–water partition coefficient (Wildman–Crippen LogP) is 1.59. The number of aromatic nitrogens is 2. The Balaban J connectivity index is 1.84. The first-order valence-corrected chi connectivity index (χ1v) is 6.65. The summed E-state index contributed by atoms with van der Waals surface area (Å²) >= 11 is 0. The number of pyridine rings is 2. The molecule has 2 heterocycles. The lowest BCUT2D eigenvalue weighted by molar-refractivity contribution is 0.196. The fourth-order valence-electron chi connectivity index (χ4n) is 1.73. The van der Waals surface area contributed by atoms with E-state index in [1.165, 1.54) is 0 Å². The van der Waals surface area contributed by atoms with Crippen molar-refractivity contribution in [3.05, 3.63) is 48.4 Å². The molecule has 0 spiro atoms. The Hall–Kier alpha value is -2.47. The summed E-state index contributed by atoms with van der Waals surface area (Å²) in [4.78, 5) is 19.9. The number of carbonyl (C=O) groups is 1. The van der Waals surface area contributed by atoms with Crippen molar-refractivity contribution in [1.82, 2.24) is 20.6 Å². The highest BCUT2D eigenvalue weighted by atomic mass is 16.5. The zero-order chi connectivity index (χ0) is 14.9. The molecule has 0 fully saturated rings. The average molecular weight is 286 g/mol. The van der Waals surface area contributed by atoms with Crippen LogP contribution in [-0.4, -0.2) is 36.3 Å². The third-order valence-electron chi connectivity index (χ3n) is 2.83. The van der Waals surface area contributed by atoms with Gasteiger partial charge in [0.05, 0.1) is 12.3 Å². The molecule has 6 heteroatoms. The van der Waals surface area contributed by atoms with E-state index in [2.05, 4.69) is 20.6 Å². The summed E-state index contributed by atoms with van der Waals surface area (Å²) in [7, 11) is 1.59. The SMILES string of the molecule is COCCNC(=O)NCc1ccc(-c2cccnc2)nc1. The summed E-state index contributed by atoms with van der Waals surface area (Å²) in [6, 6.07) is 7.46. The van der Waals surface area contributed by atoms with Gasteiger partial charge in [-0.2, -0.15) is 0 Å². The number of methoxy groups -OCH3 is 1. The van der Waals surface area contributed by atoms with E-state index in [9.17, 15) is 4.79 Å². The topological polar surface area (TPSA) is 76.1 Å². The van der Waals surface area contributed by atoms with Gasteiger partial charge in [0, 0.05) is 44.4 Å². The van der Waals surface area contributed by atoms with Gasteiger partial charge in [0.1, 0.15) is 0 Å². The van der Waals surface area contributed by atoms with Crippen LogP contribution in [0.5, 0.6) is 0 Å². The Morgan fingerprint density at radius 2 is 2.14 bits per heavy atom. The third kappa shape index (κ3) is 4.85. The lowest BCUT2D eigenvalue weighted by Crippen LogP contribution is -2.36. The van der Waals surface area contributed by atoms with E-state index in [4.69, 9.17) is 4.74 Å². The van der Waals surface area contributed by atoms with Crippen molar-refractivity contribution in [2.24, 2.45) is 0 Å². The maximum absolute atomic E-state index is 11.5. The van der Waals surface area contributed by atoms with Gasteiger partial charge in [-0.25, -0.2) is 4.79 Å². The van der Waals surface area contributed by atoms with Gasteiger partial charge in [-0.05, 0) is 23.8 Å². The maximum atomic E-state index is 11.5. The van der Waals surface area contributed by atoms with E-state index in [1.54, 1.807) is 25.7 Å². The number of hydrogen-bond donors (Lipinski definition) is 2. The molecule has 6 nitrogen and oxygen atoms in total. The average Bonchev–Trinajstić information content (AvgIpc) is 2.54. The fourth-order valence-corrected chi connectivity index (χ4v) is 1.73. The van der Waals surface area contributed by atoms with Crippen LogP contribution in [0.4, 0.5) is 4.79 Å². The molecule has 0 aliphatic carbocycles. The minimum absolute atomic E-state index is 0.219. The smallest absolute Gasteiger partial charge is 0.315 e. The third-order valence-corrected chi connectivity index (χ3v) is 2.83. The van der Waals surface area contributed by atoms with Crippen molar-refractivity contribution >= 4 is 6.03 Å². The molecule has 2 amide bonds. The van der Waals surface area contributed by atoms with Crippen molar-refractivity contribution in [2.75, 3.05) is 20.3 Å². The molecule has 0 radical (unpaired) electrons. The molecular weight excluding hydrogens is 268 g/mol. The van der Waals surface area contributed by atoms with Crippen LogP contribution in [0.3, 0.4) is 0 Å². The Kier molecular flexibility index (Phi) is 5.66. The number of rotatable bonds is 6. The van der Waals surface area contributed by atoms with Gasteiger partial charge in [-0.1, -0.05) is 6.07 Å². The first-order valence-electron chi connectivity index (χ1n) is 6.65. The first kappa shape index (κ1) is 14.9. The Morgan fingerprint density at radius 3 is 2.81 bits per heavy atom. The molecule has 2 aromatic heterocycles. The van der Waals surface area contributed by atoms with Crippen LogP contribution >= 0.6 is 0 Å². The summed E-state index contributed by atoms with van der Waals surface area (Å²) in [6.45, 7) is 1.41. The molecule has 0 saturated carbocycles. The highest BCUT2D eigenvalue weighted by Crippen LogP contribution is 2.14. The van der Waals surface area contributed by atoms with E-state index in [1.807, 2.05) is 24.3 Å². The zero-order valence-electron chi connectivity index (χ0n) is 11.9. The van der Waals surface area contributed by atoms with E-state index in [0.717, 1.165) is 16.8 Å². The summed E-state index contributed by atoms with van der Waals surface area (Å²) in [5.41, 5.74) is 2.76. The quantitative estimate of drug-likeness (QED) is 0.791. The van der Waals surface area contributed by atoms with Gasteiger partial charge < -0.3 is 15.4 Å². The molecule has 0 unspecified atom stereocenters. The summed E-state index contributed by atoms with van der Waals surface area (Å²) in [6.07, 6.45) is 5.24. The fraction of sp³-hybridized carbons (Fsp3) is 0.267. The molecule has 0 aliphatic heterocycles. The Morgan fingerprint density at radius 1 is 1.24 bits per heavy atom. The van der Waals surface area contributed by atoms with Crippen molar-refractivity contribution < 1.29 is 9.53 Å². The van der Waals surface area contributed by atoms with Crippen molar-refractivity contribution in [2.45, 2.75) is 6.54 Å². The molecular formula is C15H18N4O2. The molecule has 2 N–H and O–H groups in total. The van der Waals surface area contributed by atoms with Crippen LogP contribution in [0.2, 0.25) is 0 Å². The second kappa shape index (κ2) is 7.96. The maximum Gasteiger partial charge on any atom is 0.315 e. The number of urea groups is 1. The van der Waals surface area contributed by atoms with Crippen LogP contribution in [0, 0.1) is 0 Å². The summed E-state index contributed by atoms with van der Waals surface area (Å²) in [5.74, 6) is 0. The van der Waals surface area contributed by atoms with Crippen LogP contribution < -0.4 is 10.6 Å². The molecule has 2 aromatic rings. The van der Waals surface area contributed by atoms with Crippen molar-refractivity contribution in [1.29, 1.82) is 0 Å². The summed E-state index contributed by atoms with van der Waals surface area (Å²) < 4.78 is 4.85. The van der Waals surface area contributed by atoms with Crippen molar-refractivity contribution in [3.63, 3.8) is 0 Å². The summed E-state index contributed by atoms with van der Waals surface area (Å²) in [5, 5.41) is 5.45. The normalized spacial score (nSPS) is 10.1. The molecule has 0 aromatic carbocycles. The largest absolute Gasteiger partial charge is 0.383 e. The number of nitrogens with zero attached hydrogens (tertiary/aromatic N) is 2. The lowest BCUT2D eigenvalue weighted by atomic mass is 10.1. The minimum Gasteiger partial charge on any atom is -0.383 e. The van der Waals surface area contributed by atoms with Crippen molar-refractivity contribution in [3.8, 4) is 11.3 Å². The van der Waals surface area contributed by atoms with Gasteiger partial charge in [-0.15, -0.1) is 0 Å². The molecule has 0 saturated heterocycles. The molecule has 110 valence electrons. The van der Waals surface area contributed by atoms with Gasteiger partial charge in [0.25, 0.3) is 0 Å². The molecule has 0 bridgehead atoms. The van der Waals surface area contributed by atoms with Crippen LogP contribution in [0.15, 0.2) is 42.9 Å². The second-order valence-electron chi connectivity index (χ2n) is 4.40. The van der Waals surface area contributed by atoms with E-state index in [0.29, 0.717) is 19.7 Å². The minimum atomic E-state index is -0.219. The monoisotopic (exact) mass is 286 g/mol. The predicted molar refractivity (Wildman–Crippen MR) is 79.6 cm³/mol. The van der Waals surface area contributed by atoms with Crippen LogP contribution in [-0.2, 0) is 11.3 Å². The van der Waals surface area contributed by atoms with Gasteiger partial charge >= 0.3 is 6.03 Å². The molecule has 2 rings (SSSR count). The highest BCUT2D eigenvalue weighted by Gasteiger charge is 2.02. The Bertz CT molecular complexity index is 558. The highest BCUT2D eigenvalue weighted by molar-refractivity contribution is 5.73. The number of amides is 2. The van der Waals surface area contributed by atoms with Gasteiger partial charge in [0.15, 0.2) is 0 Å². The molecule has 21 heavy (non-hydrogen) atoms. The Labute approximate surface area is 123 Å². The first-order chi connectivity index (χ1) is 10.3. The zero-order valence-corrected chi connectivity index (χ0v) is 11.9. The number of hydrogen-bond acceptors (Lipinski definition) is 4. The lowest BCUT2D eigenvalue weighted by Gasteiger charge is -2.07. The van der Waals surface area contributed by atoms with Crippen LogP contribution in [0.1, 0.15) is 5.56 Å². The van der Waals surface area contributed by atoms with Crippen LogP contribution in [0.25, 0.3) is 11.3 Å². The number of ether oxygens (including phenoxy) is 1. The van der Waals surface area contributed by atoms with Gasteiger partial charge in [0.2, 0.25) is 0 Å². The van der Waals surface area contributed by atoms with E-state index in [-0.39, 0.29) is 6.03 Å². The van der Waals surface area contributed by atoms with Gasteiger partial charge in [-0.3, -0.25) is 9.97 Å². The number of nitrogens with one attached hydrogen (secondary N) is 2. The molecule has 0 atom stereocenters. The van der Waals surface area contributed by atoms with E-state index >= 15 is 0 Å².